The van der Waals surface area contributed by atoms with Gasteiger partial charge in [-0.15, -0.1) is 0 Å². The van der Waals surface area contributed by atoms with Gasteiger partial charge in [0.05, 0.1) is 11.1 Å². The van der Waals surface area contributed by atoms with Gasteiger partial charge in [-0.3, -0.25) is 4.79 Å². The van der Waals surface area contributed by atoms with E-state index in [-0.39, 0.29) is 5.91 Å². The van der Waals surface area contributed by atoms with E-state index in [9.17, 15) is 4.79 Å². The highest BCUT2D eigenvalue weighted by Gasteiger charge is 2.45. The van der Waals surface area contributed by atoms with Crippen LogP contribution in [-0.4, -0.2) is 17.4 Å². The fourth-order valence-electron chi connectivity index (χ4n) is 2.80. The van der Waals surface area contributed by atoms with Crippen LogP contribution in [0.5, 0.6) is 0 Å². The van der Waals surface area contributed by atoms with E-state index in [0.717, 1.165) is 17.4 Å². The molecule has 1 N–H and O–H groups in total. The molecular weight excluding hydrogens is 284 g/mol. The minimum Gasteiger partial charge on any atom is -0.351 e. The maximum absolute atomic E-state index is 12.5. The summed E-state index contributed by atoms with van der Waals surface area (Å²) >= 11 is 6.03. The molecule has 0 aliphatic heterocycles. The zero-order valence-electron chi connectivity index (χ0n) is 12.3. The van der Waals surface area contributed by atoms with Crippen molar-refractivity contribution >= 4 is 28.4 Å². The second kappa shape index (κ2) is 5.30. The number of fused-ring (bicyclic) bond motifs is 1. The number of amides is 1. The van der Waals surface area contributed by atoms with E-state index >= 15 is 0 Å². The quantitative estimate of drug-likeness (QED) is 0.866. The van der Waals surface area contributed by atoms with Gasteiger partial charge in [-0.1, -0.05) is 43.6 Å². The normalized spacial score (nSPS) is 16.2. The lowest BCUT2D eigenvalue weighted by Crippen LogP contribution is -2.32. The van der Waals surface area contributed by atoms with Crippen LogP contribution in [0, 0.1) is 11.3 Å². The van der Waals surface area contributed by atoms with Crippen LogP contribution in [0.3, 0.4) is 0 Å². The van der Waals surface area contributed by atoms with E-state index < -0.39 is 0 Å². The molecule has 0 bridgehead atoms. The van der Waals surface area contributed by atoms with Crippen molar-refractivity contribution in [3.05, 3.63) is 41.0 Å². The van der Waals surface area contributed by atoms with Crippen molar-refractivity contribution in [3.8, 4) is 0 Å². The third-order valence-corrected chi connectivity index (χ3v) is 4.84. The summed E-state index contributed by atoms with van der Waals surface area (Å²) in [6.45, 7) is 5.17. The lowest BCUT2D eigenvalue weighted by atomic mass is 9.92. The number of carbonyl (C=O) groups is 1. The molecule has 1 amide bonds. The molecule has 0 saturated heterocycles. The predicted molar refractivity (Wildman–Crippen MR) is 85.6 cm³/mol. The van der Waals surface area contributed by atoms with Crippen LogP contribution in [0.1, 0.15) is 37.0 Å². The average molecular weight is 303 g/mol. The largest absolute Gasteiger partial charge is 0.351 e. The van der Waals surface area contributed by atoms with Gasteiger partial charge in [-0.2, -0.15) is 0 Å². The Hall–Kier alpha value is -1.61. The maximum atomic E-state index is 12.5. The van der Waals surface area contributed by atoms with Crippen LogP contribution in [0.2, 0.25) is 5.15 Å². The molecule has 4 heteroatoms. The van der Waals surface area contributed by atoms with Crippen LogP contribution < -0.4 is 5.32 Å². The summed E-state index contributed by atoms with van der Waals surface area (Å²) in [5.74, 6) is 0.526. The summed E-state index contributed by atoms with van der Waals surface area (Å²) in [4.78, 5) is 16.8. The Morgan fingerprint density at radius 3 is 2.76 bits per heavy atom. The van der Waals surface area contributed by atoms with E-state index in [2.05, 4.69) is 24.1 Å². The number of para-hydroxylation sites is 1. The van der Waals surface area contributed by atoms with Gasteiger partial charge in [0, 0.05) is 11.9 Å². The molecule has 1 aromatic heterocycles. The number of benzene rings is 1. The number of nitrogens with zero attached hydrogens (tertiary/aromatic N) is 1. The molecule has 1 fully saturated rings. The fraction of sp³-hybridized carbons (Fsp3) is 0.412. The topological polar surface area (TPSA) is 42.0 Å². The standard InChI is InChI=1S/C17H19ClN2O/c1-11(2)17(7-8-17)10-19-16(21)13-9-15(18)20-14-6-4-3-5-12(13)14/h3-6,9,11H,7-8,10H2,1-2H3,(H,19,21). The van der Waals surface area contributed by atoms with Crippen LogP contribution in [0.25, 0.3) is 10.9 Å². The zero-order chi connectivity index (χ0) is 15.0. The molecule has 1 saturated carbocycles. The first-order valence-corrected chi connectivity index (χ1v) is 7.73. The second-order valence-corrected chi connectivity index (χ2v) is 6.60. The third-order valence-electron chi connectivity index (χ3n) is 4.65. The molecule has 0 spiro atoms. The number of pyridine rings is 1. The Morgan fingerprint density at radius 1 is 1.38 bits per heavy atom. The van der Waals surface area contributed by atoms with Gasteiger partial charge in [0.15, 0.2) is 0 Å². The first kappa shape index (κ1) is 14.3. The van der Waals surface area contributed by atoms with Crippen molar-refractivity contribution in [1.82, 2.24) is 10.3 Å². The SMILES string of the molecule is CC(C)C1(CNC(=O)c2cc(Cl)nc3ccccc23)CC1. The van der Waals surface area contributed by atoms with Gasteiger partial charge in [-0.25, -0.2) is 4.98 Å². The Bertz CT molecular complexity index is 692. The summed E-state index contributed by atoms with van der Waals surface area (Å²) in [5.41, 5.74) is 1.65. The number of carbonyl (C=O) groups excluding carboxylic acids is 1. The first-order chi connectivity index (χ1) is 10.0. The zero-order valence-corrected chi connectivity index (χ0v) is 13.1. The van der Waals surface area contributed by atoms with E-state index in [1.807, 2.05) is 24.3 Å². The van der Waals surface area contributed by atoms with E-state index in [0.29, 0.717) is 22.0 Å². The predicted octanol–water partition coefficient (Wildman–Crippen LogP) is 4.05. The molecule has 3 nitrogen and oxygen atoms in total. The van der Waals surface area contributed by atoms with Crippen molar-refractivity contribution in [2.24, 2.45) is 11.3 Å². The van der Waals surface area contributed by atoms with E-state index in [4.69, 9.17) is 11.6 Å². The van der Waals surface area contributed by atoms with Crippen molar-refractivity contribution in [3.63, 3.8) is 0 Å². The summed E-state index contributed by atoms with van der Waals surface area (Å²) < 4.78 is 0. The molecule has 1 heterocycles. The van der Waals surface area contributed by atoms with Crippen LogP contribution >= 0.6 is 11.6 Å². The van der Waals surface area contributed by atoms with Crippen molar-refractivity contribution in [2.75, 3.05) is 6.54 Å². The van der Waals surface area contributed by atoms with Gasteiger partial charge in [-0.05, 0) is 36.3 Å². The smallest absolute Gasteiger partial charge is 0.252 e. The molecule has 2 aromatic rings. The Labute approximate surface area is 129 Å². The molecule has 21 heavy (non-hydrogen) atoms. The second-order valence-electron chi connectivity index (χ2n) is 6.21. The minimum atomic E-state index is -0.0672. The van der Waals surface area contributed by atoms with Crippen LogP contribution in [-0.2, 0) is 0 Å². The lowest BCUT2D eigenvalue weighted by Gasteiger charge is -2.20. The number of aromatic nitrogens is 1. The van der Waals surface area contributed by atoms with E-state index in [1.54, 1.807) is 6.07 Å². The van der Waals surface area contributed by atoms with Crippen LogP contribution in [0.4, 0.5) is 0 Å². The minimum absolute atomic E-state index is 0.0672. The molecule has 3 rings (SSSR count). The van der Waals surface area contributed by atoms with Crippen molar-refractivity contribution < 1.29 is 4.79 Å². The highest BCUT2D eigenvalue weighted by molar-refractivity contribution is 6.30. The fourth-order valence-corrected chi connectivity index (χ4v) is 3.00. The summed E-state index contributed by atoms with van der Waals surface area (Å²) in [6, 6.07) is 9.22. The lowest BCUT2D eigenvalue weighted by molar-refractivity contribution is 0.0941. The molecule has 0 unspecified atom stereocenters. The molecule has 0 radical (unpaired) electrons. The summed E-state index contributed by atoms with van der Waals surface area (Å²) in [7, 11) is 0. The number of rotatable bonds is 4. The highest BCUT2D eigenvalue weighted by atomic mass is 35.5. The van der Waals surface area contributed by atoms with E-state index in [1.165, 1.54) is 12.8 Å². The molecular formula is C17H19ClN2O. The Balaban J connectivity index is 1.85. The number of hydrogen-bond acceptors (Lipinski definition) is 2. The molecule has 0 atom stereocenters. The first-order valence-electron chi connectivity index (χ1n) is 7.35. The van der Waals surface area contributed by atoms with Gasteiger partial charge < -0.3 is 5.32 Å². The number of halogens is 1. The maximum Gasteiger partial charge on any atom is 0.252 e. The van der Waals surface area contributed by atoms with Gasteiger partial charge in [0.1, 0.15) is 5.15 Å². The molecule has 1 aromatic carbocycles. The van der Waals surface area contributed by atoms with Gasteiger partial charge in [0.25, 0.3) is 5.91 Å². The number of nitrogens with one attached hydrogen (secondary N) is 1. The Kier molecular flexibility index (Phi) is 3.62. The summed E-state index contributed by atoms with van der Waals surface area (Å²) in [5, 5.41) is 4.27. The van der Waals surface area contributed by atoms with Gasteiger partial charge in [0.2, 0.25) is 0 Å². The molecule has 1 aliphatic rings. The van der Waals surface area contributed by atoms with Gasteiger partial charge >= 0.3 is 0 Å². The number of hydrogen-bond donors (Lipinski definition) is 1. The van der Waals surface area contributed by atoms with Crippen molar-refractivity contribution in [2.45, 2.75) is 26.7 Å². The van der Waals surface area contributed by atoms with Crippen LogP contribution in [0.15, 0.2) is 30.3 Å². The molecule has 1 aliphatic carbocycles. The monoisotopic (exact) mass is 302 g/mol. The van der Waals surface area contributed by atoms with Crippen molar-refractivity contribution in [1.29, 1.82) is 0 Å². The average Bonchev–Trinajstić information content (AvgIpc) is 3.25. The highest BCUT2D eigenvalue weighted by Crippen LogP contribution is 2.51. The molecule has 110 valence electrons. The summed E-state index contributed by atoms with van der Waals surface area (Å²) in [6.07, 6.45) is 2.39. The third kappa shape index (κ3) is 2.75. The Morgan fingerprint density at radius 2 is 2.10 bits per heavy atom.